The van der Waals surface area contributed by atoms with Gasteiger partial charge in [-0.2, -0.15) is 18.4 Å². The maximum absolute atomic E-state index is 12.6. The smallest absolute Gasteiger partial charge is 0.334 e. The van der Waals surface area contributed by atoms with E-state index in [1.54, 1.807) is 18.5 Å². The van der Waals surface area contributed by atoms with Crippen molar-refractivity contribution in [1.29, 1.82) is 5.26 Å². The van der Waals surface area contributed by atoms with E-state index in [2.05, 4.69) is 4.98 Å². The third-order valence-electron chi connectivity index (χ3n) is 3.56. The van der Waals surface area contributed by atoms with Gasteiger partial charge in [0.1, 0.15) is 0 Å². The first-order valence-corrected chi connectivity index (χ1v) is 7.80. The second kappa shape index (κ2) is 8.81. The minimum atomic E-state index is -4.39. The molecular formula is C19H16F3N3O. The molecule has 0 atom stereocenters. The van der Waals surface area contributed by atoms with Crippen LogP contribution in [0.15, 0.2) is 54.9 Å². The van der Waals surface area contributed by atoms with Gasteiger partial charge in [0.25, 0.3) is 0 Å². The van der Waals surface area contributed by atoms with E-state index in [1.807, 2.05) is 12.1 Å². The summed E-state index contributed by atoms with van der Waals surface area (Å²) in [5.41, 5.74) is 0.558. The lowest BCUT2D eigenvalue weighted by molar-refractivity contribution is -0.137. The van der Waals surface area contributed by atoms with Gasteiger partial charge in [-0.15, -0.1) is 0 Å². The Morgan fingerprint density at radius 2 is 1.96 bits per heavy atom. The van der Waals surface area contributed by atoms with Gasteiger partial charge in [0, 0.05) is 31.6 Å². The van der Waals surface area contributed by atoms with E-state index in [0.29, 0.717) is 12.1 Å². The molecule has 0 N–H and O–H groups in total. The Labute approximate surface area is 149 Å². The number of nitrogens with zero attached hydrogens (tertiary/aromatic N) is 3. The number of alkyl halides is 3. The molecule has 1 aromatic carbocycles. The number of carbonyl (C=O) groups excluding carboxylic acids is 1. The fraction of sp³-hybridized carbons (Fsp3) is 0.211. The predicted molar refractivity (Wildman–Crippen MR) is 90.4 cm³/mol. The summed E-state index contributed by atoms with van der Waals surface area (Å²) in [7, 11) is 0. The molecule has 1 aromatic heterocycles. The van der Waals surface area contributed by atoms with E-state index in [1.165, 1.54) is 29.2 Å². The van der Waals surface area contributed by atoms with Crippen LogP contribution < -0.4 is 0 Å². The molecule has 2 rings (SSSR count). The van der Waals surface area contributed by atoms with Crippen LogP contribution in [0, 0.1) is 11.3 Å². The molecule has 0 unspecified atom stereocenters. The van der Waals surface area contributed by atoms with Crippen molar-refractivity contribution in [2.75, 3.05) is 6.54 Å². The molecule has 0 radical (unpaired) electrons. The van der Waals surface area contributed by atoms with Crippen molar-refractivity contribution in [3.63, 3.8) is 0 Å². The van der Waals surface area contributed by atoms with Crippen LogP contribution in [0.4, 0.5) is 13.2 Å². The van der Waals surface area contributed by atoms with Crippen LogP contribution in [-0.2, 0) is 17.5 Å². The number of nitriles is 1. The molecule has 7 heteroatoms. The van der Waals surface area contributed by atoms with Gasteiger partial charge in [-0.25, -0.2) is 0 Å². The molecule has 0 aliphatic heterocycles. The SMILES string of the molecule is N#CCCN(Cc1cccnc1)C(=O)/C=C/c1ccc(C(F)(F)F)cc1. The summed E-state index contributed by atoms with van der Waals surface area (Å²) in [6, 6.07) is 10.1. The van der Waals surface area contributed by atoms with Gasteiger partial charge in [-0.3, -0.25) is 9.78 Å². The molecule has 134 valence electrons. The minimum Gasteiger partial charge on any atom is -0.334 e. The zero-order valence-corrected chi connectivity index (χ0v) is 13.8. The molecular weight excluding hydrogens is 343 g/mol. The van der Waals surface area contributed by atoms with Gasteiger partial charge in [0.05, 0.1) is 18.1 Å². The molecule has 1 heterocycles. The van der Waals surface area contributed by atoms with Gasteiger partial charge in [-0.05, 0) is 35.4 Å². The van der Waals surface area contributed by atoms with E-state index in [-0.39, 0.29) is 18.9 Å². The summed E-state index contributed by atoms with van der Waals surface area (Å²) in [5, 5.41) is 8.75. The van der Waals surface area contributed by atoms with Crippen LogP contribution in [0.1, 0.15) is 23.1 Å². The molecule has 0 aliphatic carbocycles. The average molecular weight is 359 g/mol. The molecule has 4 nitrogen and oxygen atoms in total. The number of benzene rings is 1. The summed E-state index contributed by atoms with van der Waals surface area (Å²) >= 11 is 0. The topological polar surface area (TPSA) is 57.0 Å². The number of carbonyl (C=O) groups is 1. The Morgan fingerprint density at radius 1 is 1.23 bits per heavy atom. The van der Waals surface area contributed by atoms with Crippen molar-refractivity contribution in [3.05, 3.63) is 71.6 Å². The monoisotopic (exact) mass is 359 g/mol. The van der Waals surface area contributed by atoms with E-state index in [4.69, 9.17) is 5.26 Å². The summed E-state index contributed by atoms with van der Waals surface area (Å²) in [6.45, 7) is 0.549. The highest BCUT2D eigenvalue weighted by Crippen LogP contribution is 2.29. The molecule has 0 fully saturated rings. The van der Waals surface area contributed by atoms with Gasteiger partial charge < -0.3 is 4.90 Å². The van der Waals surface area contributed by atoms with E-state index >= 15 is 0 Å². The van der Waals surface area contributed by atoms with Crippen LogP contribution in [0.2, 0.25) is 0 Å². The van der Waals surface area contributed by atoms with Crippen molar-refractivity contribution < 1.29 is 18.0 Å². The van der Waals surface area contributed by atoms with Crippen LogP contribution >= 0.6 is 0 Å². The van der Waals surface area contributed by atoms with Crippen molar-refractivity contribution in [1.82, 2.24) is 9.88 Å². The van der Waals surface area contributed by atoms with Crippen LogP contribution in [0.25, 0.3) is 6.08 Å². The van der Waals surface area contributed by atoms with Crippen LogP contribution in [0.5, 0.6) is 0 Å². The number of aromatic nitrogens is 1. The first-order valence-electron chi connectivity index (χ1n) is 7.80. The standard InChI is InChI=1S/C19H16F3N3O/c20-19(21,22)17-7-4-15(5-8-17)6-9-18(26)25(12-2-10-23)14-16-3-1-11-24-13-16/h1,3-9,11,13H,2,12,14H2/b9-6+. The lowest BCUT2D eigenvalue weighted by atomic mass is 10.1. The molecule has 0 spiro atoms. The highest BCUT2D eigenvalue weighted by Gasteiger charge is 2.29. The summed E-state index contributed by atoms with van der Waals surface area (Å²) in [5.74, 6) is -0.330. The maximum Gasteiger partial charge on any atom is 0.416 e. The van der Waals surface area contributed by atoms with Crippen molar-refractivity contribution in [2.45, 2.75) is 19.1 Å². The largest absolute Gasteiger partial charge is 0.416 e. The van der Waals surface area contributed by atoms with Crippen molar-refractivity contribution >= 4 is 12.0 Å². The van der Waals surface area contributed by atoms with Gasteiger partial charge >= 0.3 is 6.18 Å². The zero-order valence-electron chi connectivity index (χ0n) is 13.8. The average Bonchev–Trinajstić information content (AvgIpc) is 2.63. The van der Waals surface area contributed by atoms with Gasteiger partial charge in [-0.1, -0.05) is 18.2 Å². The zero-order chi connectivity index (χ0) is 19.0. The highest BCUT2D eigenvalue weighted by atomic mass is 19.4. The summed E-state index contributed by atoms with van der Waals surface area (Å²) in [4.78, 5) is 17.9. The predicted octanol–water partition coefficient (Wildman–Crippen LogP) is 4.06. The lowest BCUT2D eigenvalue weighted by Gasteiger charge is -2.19. The van der Waals surface area contributed by atoms with Gasteiger partial charge in [0.2, 0.25) is 5.91 Å². The normalized spacial score (nSPS) is 11.3. The summed E-state index contributed by atoms with van der Waals surface area (Å²) < 4.78 is 37.7. The van der Waals surface area contributed by atoms with Crippen molar-refractivity contribution in [2.24, 2.45) is 0 Å². The van der Waals surface area contributed by atoms with Gasteiger partial charge in [0.15, 0.2) is 0 Å². The van der Waals surface area contributed by atoms with E-state index < -0.39 is 11.7 Å². The first-order chi connectivity index (χ1) is 12.4. The van der Waals surface area contributed by atoms with Crippen molar-refractivity contribution in [3.8, 4) is 6.07 Å². The molecule has 0 saturated carbocycles. The Morgan fingerprint density at radius 3 is 2.54 bits per heavy atom. The lowest BCUT2D eigenvalue weighted by Crippen LogP contribution is -2.29. The van der Waals surface area contributed by atoms with Crippen LogP contribution in [-0.4, -0.2) is 22.3 Å². The second-order valence-electron chi connectivity index (χ2n) is 5.48. The third-order valence-corrected chi connectivity index (χ3v) is 3.56. The molecule has 26 heavy (non-hydrogen) atoms. The number of hydrogen-bond acceptors (Lipinski definition) is 3. The quantitative estimate of drug-likeness (QED) is 0.731. The third kappa shape index (κ3) is 5.74. The first kappa shape index (κ1) is 19.2. The fourth-order valence-electron chi connectivity index (χ4n) is 2.22. The summed E-state index contributed by atoms with van der Waals surface area (Å²) in [6.07, 6.45) is 1.78. The molecule has 0 bridgehead atoms. The Balaban J connectivity index is 2.08. The number of halogens is 3. The molecule has 0 aliphatic rings. The maximum atomic E-state index is 12.6. The highest BCUT2D eigenvalue weighted by molar-refractivity contribution is 5.91. The Bertz CT molecular complexity index is 794. The molecule has 0 saturated heterocycles. The number of amides is 1. The fourth-order valence-corrected chi connectivity index (χ4v) is 2.22. The Kier molecular flexibility index (Phi) is 6.50. The van der Waals surface area contributed by atoms with Crippen LogP contribution in [0.3, 0.4) is 0 Å². The molecule has 1 amide bonds. The minimum absolute atomic E-state index is 0.181. The van der Waals surface area contributed by atoms with E-state index in [0.717, 1.165) is 17.7 Å². The number of hydrogen-bond donors (Lipinski definition) is 0. The van der Waals surface area contributed by atoms with E-state index in [9.17, 15) is 18.0 Å². The molecule has 2 aromatic rings. The number of rotatable bonds is 6. The Hall–Kier alpha value is -3.14. The number of pyridine rings is 1. The second-order valence-corrected chi connectivity index (χ2v) is 5.48.